The molecule has 0 radical (unpaired) electrons. The number of nitrogens with one attached hydrogen (secondary N) is 1. The third-order valence-corrected chi connectivity index (χ3v) is 6.33. The van der Waals surface area contributed by atoms with Crippen LogP contribution in [0.3, 0.4) is 0 Å². The summed E-state index contributed by atoms with van der Waals surface area (Å²) in [7, 11) is 0. The van der Waals surface area contributed by atoms with E-state index in [1.165, 1.54) is 24.0 Å². The Balaban J connectivity index is 1.35. The molecule has 1 fully saturated rings. The molecule has 0 aromatic heterocycles. The van der Waals surface area contributed by atoms with E-state index < -0.39 is 0 Å². The molecule has 6 heteroatoms. The van der Waals surface area contributed by atoms with Gasteiger partial charge in [0.05, 0.1) is 16.5 Å². The molecule has 1 N–H and O–H groups in total. The Bertz CT molecular complexity index is 900. The van der Waals surface area contributed by atoms with Crippen molar-refractivity contribution >= 4 is 46.6 Å². The maximum Gasteiger partial charge on any atom is 0.234 e. The summed E-state index contributed by atoms with van der Waals surface area (Å²) >= 11 is 7.88. The molecule has 2 aromatic carbocycles. The first kappa shape index (κ1) is 18.4. The fourth-order valence-electron chi connectivity index (χ4n) is 3.69. The number of aryl methyl sites for hydroxylation is 2. The van der Waals surface area contributed by atoms with Crippen LogP contribution >= 0.6 is 23.4 Å². The summed E-state index contributed by atoms with van der Waals surface area (Å²) in [6.45, 7) is 0.696. The van der Waals surface area contributed by atoms with Gasteiger partial charge < -0.3 is 10.2 Å². The normalized spacial score (nSPS) is 15.9. The minimum absolute atomic E-state index is 0.0680. The van der Waals surface area contributed by atoms with Crippen molar-refractivity contribution in [3.63, 3.8) is 0 Å². The number of hydrogen-bond acceptors (Lipinski definition) is 3. The summed E-state index contributed by atoms with van der Waals surface area (Å²) in [4.78, 5) is 27.0. The van der Waals surface area contributed by atoms with Crippen LogP contribution in [0.15, 0.2) is 41.3 Å². The van der Waals surface area contributed by atoms with E-state index in [4.69, 9.17) is 11.6 Å². The number of halogens is 1. The Kier molecular flexibility index (Phi) is 5.41. The zero-order chi connectivity index (χ0) is 18.8. The van der Waals surface area contributed by atoms with Crippen LogP contribution in [-0.2, 0) is 22.4 Å². The third-order valence-electron chi connectivity index (χ3n) is 5.04. The molecule has 27 heavy (non-hydrogen) atoms. The van der Waals surface area contributed by atoms with Gasteiger partial charge in [-0.15, -0.1) is 11.8 Å². The molecule has 1 aliphatic heterocycles. The van der Waals surface area contributed by atoms with Crippen LogP contribution < -0.4 is 10.2 Å². The number of hydrogen-bond donors (Lipinski definition) is 1. The van der Waals surface area contributed by atoms with Crippen molar-refractivity contribution in [2.24, 2.45) is 0 Å². The number of rotatable bonds is 5. The van der Waals surface area contributed by atoms with E-state index in [9.17, 15) is 9.59 Å². The van der Waals surface area contributed by atoms with E-state index in [-0.39, 0.29) is 11.8 Å². The monoisotopic (exact) mass is 400 g/mol. The van der Waals surface area contributed by atoms with Crippen molar-refractivity contribution in [1.82, 2.24) is 0 Å². The first-order valence-electron chi connectivity index (χ1n) is 9.24. The van der Waals surface area contributed by atoms with Crippen molar-refractivity contribution < 1.29 is 9.59 Å². The summed E-state index contributed by atoms with van der Waals surface area (Å²) in [5, 5.41) is 3.37. The first-order chi connectivity index (χ1) is 13.1. The number of amides is 2. The van der Waals surface area contributed by atoms with E-state index in [1.54, 1.807) is 34.9 Å². The Hall–Kier alpha value is -1.98. The molecule has 4 rings (SSSR count). The second-order valence-electron chi connectivity index (χ2n) is 6.94. The Labute approximate surface area is 168 Å². The van der Waals surface area contributed by atoms with Crippen molar-refractivity contribution in [1.29, 1.82) is 0 Å². The van der Waals surface area contributed by atoms with Gasteiger partial charge in [0.25, 0.3) is 0 Å². The Morgan fingerprint density at radius 2 is 1.93 bits per heavy atom. The fourth-order valence-corrected chi connectivity index (χ4v) is 4.73. The number of nitrogens with zero attached hydrogens (tertiary/aromatic N) is 1. The molecular weight excluding hydrogens is 380 g/mol. The predicted octanol–water partition coefficient (Wildman–Crippen LogP) is 4.69. The number of thioether (sulfide) groups is 1. The molecule has 4 nitrogen and oxygen atoms in total. The zero-order valence-corrected chi connectivity index (χ0v) is 16.5. The smallest absolute Gasteiger partial charge is 0.234 e. The van der Waals surface area contributed by atoms with Crippen LogP contribution in [0.1, 0.15) is 30.4 Å². The molecule has 1 saturated heterocycles. The van der Waals surface area contributed by atoms with Gasteiger partial charge in [0.15, 0.2) is 0 Å². The predicted molar refractivity (Wildman–Crippen MR) is 111 cm³/mol. The van der Waals surface area contributed by atoms with Crippen LogP contribution in [0.4, 0.5) is 11.4 Å². The second-order valence-corrected chi connectivity index (χ2v) is 8.39. The van der Waals surface area contributed by atoms with E-state index in [1.807, 2.05) is 0 Å². The molecule has 140 valence electrons. The van der Waals surface area contributed by atoms with Crippen molar-refractivity contribution in [3.05, 3.63) is 52.5 Å². The van der Waals surface area contributed by atoms with Gasteiger partial charge in [-0.1, -0.05) is 17.7 Å². The maximum atomic E-state index is 12.3. The van der Waals surface area contributed by atoms with Gasteiger partial charge in [-0.25, -0.2) is 0 Å². The molecule has 0 unspecified atom stereocenters. The van der Waals surface area contributed by atoms with E-state index >= 15 is 0 Å². The van der Waals surface area contributed by atoms with Gasteiger partial charge >= 0.3 is 0 Å². The third kappa shape index (κ3) is 4.14. The molecule has 2 aliphatic rings. The fraction of sp³-hybridized carbons (Fsp3) is 0.333. The standard InChI is InChI=1S/C21H21ClN2O2S/c22-18-12-16(7-9-19(18)24-10-2-5-21(24)26)23-20(25)13-27-17-8-6-14-3-1-4-15(14)11-17/h6-9,11-12H,1-5,10,13H2,(H,23,25). The van der Waals surface area contributed by atoms with E-state index in [0.29, 0.717) is 35.1 Å². The minimum atomic E-state index is -0.0680. The zero-order valence-electron chi connectivity index (χ0n) is 15.0. The van der Waals surface area contributed by atoms with Crippen LogP contribution in [0, 0.1) is 0 Å². The Morgan fingerprint density at radius 3 is 2.70 bits per heavy atom. The molecule has 0 atom stereocenters. The first-order valence-corrected chi connectivity index (χ1v) is 10.6. The van der Waals surface area contributed by atoms with E-state index in [0.717, 1.165) is 17.7 Å². The average molecular weight is 401 g/mol. The number of anilines is 2. The van der Waals surface area contributed by atoms with Gasteiger partial charge in [-0.3, -0.25) is 9.59 Å². The lowest BCUT2D eigenvalue weighted by molar-refractivity contribution is -0.117. The highest BCUT2D eigenvalue weighted by Crippen LogP contribution is 2.32. The highest BCUT2D eigenvalue weighted by Gasteiger charge is 2.23. The summed E-state index contributed by atoms with van der Waals surface area (Å²) in [6, 6.07) is 11.8. The van der Waals surface area contributed by atoms with Gasteiger partial charge in [0, 0.05) is 23.5 Å². The molecule has 0 saturated carbocycles. The lowest BCUT2D eigenvalue weighted by atomic mass is 10.1. The number of benzene rings is 2. The molecule has 0 spiro atoms. The van der Waals surface area contributed by atoms with Crippen molar-refractivity contribution in [3.8, 4) is 0 Å². The van der Waals surface area contributed by atoms with Crippen LogP contribution in [-0.4, -0.2) is 24.1 Å². The molecule has 2 aromatic rings. The lowest BCUT2D eigenvalue weighted by Gasteiger charge is -2.18. The maximum absolute atomic E-state index is 12.3. The minimum Gasteiger partial charge on any atom is -0.325 e. The number of fused-ring (bicyclic) bond motifs is 1. The topological polar surface area (TPSA) is 49.4 Å². The Morgan fingerprint density at radius 1 is 1.07 bits per heavy atom. The average Bonchev–Trinajstić information content (AvgIpc) is 3.28. The van der Waals surface area contributed by atoms with Crippen molar-refractivity contribution in [2.45, 2.75) is 37.0 Å². The highest BCUT2D eigenvalue weighted by atomic mass is 35.5. The molecule has 0 bridgehead atoms. The van der Waals surface area contributed by atoms with Crippen LogP contribution in [0.2, 0.25) is 5.02 Å². The van der Waals surface area contributed by atoms with Crippen molar-refractivity contribution in [2.75, 3.05) is 22.5 Å². The van der Waals surface area contributed by atoms with Gasteiger partial charge in [-0.05, 0) is 67.1 Å². The molecule has 1 heterocycles. The second kappa shape index (κ2) is 7.95. The summed E-state index contributed by atoms with van der Waals surface area (Å²) in [6.07, 6.45) is 4.95. The van der Waals surface area contributed by atoms with Crippen LogP contribution in [0.5, 0.6) is 0 Å². The van der Waals surface area contributed by atoms with Gasteiger partial charge in [0.2, 0.25) is 11.8 Å². The quantitative estimate of drug-likeness (QED) is 0.741. The summed E-state index contributed by atoms with van der Waals surface area (Å²) in [5.41, 5.74) is 4.22. The number of carbonyl (C=O) groups excluding carboxylic acids is 2. The largest absolute Gasteiger partial charge is 0.325 e. The van der Waals surface area contributed by atoms with Gasteiger partial charge in [-0.2, -0.15) is 0 Å². The highest BCUT2D eigenvalue weighted by molar-refractivity contribution is 8.00. The van der Waals surface area contributed by atoms with Gasteiger partial charge in [0.1, 0.15) is 0 Å². The van der Waals surface area contributed by atoms with E-state index in [2.05, 4.69) is 23.5 Å². The SMILES string of the molecule is O=C(CSc1ccc2c(c1)CCC2)Nc1ccc(N2CCCC2=O)c(Cl)c1. The summed E-state index contributed by atoms with van der Waals surface area (Å²) < 4.78 is 0. The summed E-state index contributed by atoms with van der Waals surface area (Å²) in [5.74, 6) is 0.379. The van der Waals surface area contributed by atoms with Crippen LogP contribution in [0.25, 0.3) is 0 Å². The number of carbonyl (C=O) groups is 2. The molecule has 2 amide bonds. The molecular formula is C21H21ClN2O2S. The molecule has 1 aliphatic carbocycles. The lowest BCUT2D eigenvalue weighted by Crippen LogP contribution is -2.24.